The number of rotatable bonds is 3. The summed E-state index contributed by atoms with van der Waals surface area (Å²) < 4.78 is 0. The highest BCUT2D eigenvalue weighted by Crippen LogP contribution is 2.45. The number of hydrogen-bond acceptors (Lipinski definition) is 2. The first kappa shape index (κ1) is 20.2. The molecule has 0 saturated carbocycles. The molecule has 0 atom stereocenters. The number of hydrogen-bond donors (Lipinski definition) is 0. The molecule has 24 heavy (non-hydrogen) atoms. The van der Waals surface area contributed by atoms with E-state index in [1.807, 2.05) is 0 Å². The summed E-state index contributed by atoms with van der Waals surface area (Å²) in [6, 6.07) is 0. The van der Waals surface area contributed by atoms with Crippen molar-refractivity contribution < 1.29 is 0 Å². The minimum absolute atomic E-state index is 0.331. The van der Waals surface area contributed by atoms with Gasteiger partial charge in [-0.2, -0.15) is 0 Å². The van der Waals surface area contributed by atoms with Crippen molar-refractivity contribution in [3.05, 3.63) is 0 Å². The van der Waals surface area contributed by atoms with Crippen LogP contribution >= 0.6 is 0 Å². The lowest BCUT2D eigenvalue weighted by atomic mass is 9.69. The molecule has 2 saturated heterocycles. The standard InChI is InChI=1S/C22H44N2/c1-19(2)13-17(14-20(3,4)23(19)9)11-12-18-15-21(5,6)24(10)22(7,8)16-18/h17-18H,11-16H2,1-10H3. The summed E-state index contributed by atoms with van der Waals surface area (Å²) in [5.41, 5.74) is 1.32. The van der Waals surface area contributed by atoms with Gasteiger partial charge in [0.1, 0.15) is 0 Å². The van der Waals surface area contributed by atoms with Gasteiger partial charge < -0.3 is 0 Å². The van der Waals surface area contributed by atoms with E-state index in [2.05, 4.69) is 79.3 Å². The van der Waals surface area contributed by atoms with E-state index < -0.39 is 0 Å². The lowest BCUT2D eigenvalue weighted by Crippen LogP contribution is -2.59. The molecule has 0 N–H and O–H groups in total. The minimum atomic E-state index is 0.331. The first-order valence-corrected chi connectivity index (χ1v) is 10.2. The Balaban J connectivity index is 1.99. The van der Waals surface area contributed by atoms with E-state index in [1.165, 1.54) is 38.5 Å². The van der Waals surface area contributed by atoms with Gasteiger partial charge in [-0.3, -0.25) is 9.80 Å². The van der Waals surface area contributed by atoms with E-state index in [0.29, 0.717) is 22.2 Å². The Morgan fingerprint density at radius 3 is 0.958 bits per heavy atom. The molecule has 2 rings (SSSR count). The zero-order valence-electron chi connectivity index (χ0n) is 18.3. The Bertz CT molecular complexity index is 369. The maximum Gasteiger partial charge on any atom is 0.0158 e. The quantitative estimate of drug-likeness (QED) is 0.665. The predicted molar refractivity (Wildman–Crippen MR) is 107 cm³/mol. The monoisotopic (exact) mass is 336 g/mol. The largest absolute Gasteiger partial charge is 0.296 e. The summed E-state index contributed by atoms with van der Waals surface area (Å²) in [4.78, 5) is 5.22. The molecule has 0 bridgehead atoms. The Hall–Kier alpha value is -0.0800. The molecule has 2 heterocycles. The molecule has 0 spiro atoms. The van der Waals surface area contributed by atoms with Gasteiger partial charge in [-0.25, -0.2) is 0 Å². The maximum absolute atomic E-state index is 2.61. The first-order valence-electron chi connectivity index (χ1n) is 10.2. The predicted octanol–water partition coefficient (Wildman–Crippen LogP) is 5.56. The Morgan fingerprint density at radius 1 is 0.542 bits per heavy atom. The molecule has 2 aliphatic heterocycles. The van der Waals surface area contributed by atoms with Crippen molar-refractivity contribution in [3.63, 3.8) is 0 Å². The third kappa shape index (κ3) is 4.01. The van der Waals surface area contributed by atoms with E-state index in [1.54, 1.807) is 0 Å². The lowest BCUT2D eigenvalue weighted by Gasteiger charge is -2.55. The third-order valence-corrected chi connectivity index (χ3v) is 7.77. The fraction of sp³-hybridized carbons (Fsp3) is 1.00. The Kier molecular flexibility index (Phi) is 5.28. The third-order valence-electron chi connectivity index (χ3n) is 7.77. The Morgan fingerprint density at radius 2 is 0.750 bits per heavy atom. The summed E-state index contributed by atoms with van der Waals surface area (Å²) in [6.45, 7) is 19.5. The van der Waals surface area contributed by atoms with Crippen molar-refractivity contribution >= 4 is 0 Å². The van der Waals surface area contributed by atoms with E-state index in [4.69, 9.17) is 0 Å². The molecule has 2 heteroatoms. The molecule has 2 nitrogen and oxygen atoms in total. The van der Waals surface area contributed by atoms with E-state index in [-0.39, 0.29) is 0 Å². The average Bonchev–Trinajstić information content (AvgIpc) is 2.38. The van der Waals surface area contributed by atoms with E-state index >= 15 is 0 Å². The molecule has 142 valence electrons. The molecule has 0 aliphatic carbocycles. The van der Waals surface area contributed by atoms with Gasteiger partial charge in [0.25, 0.3) is 0 Å². The molecule has 0 amide bonds. The summed E-state index contributed by atoms with van der Waals surface area (Å²) in [5.74, 6) is 1.77. The molecule has 0 aromatic rings. The molecule has 2 fully saturated rings. The van der Waals surface area contributed by atoms with Crippen molar-refractivity contribution in [2.75, 3.05) is 14.1 Å². The SMILES string of the molecule is CN1C(C)(C)CC(CCC2CC(C)(C)N(C)C(C)(C)C2)CC1(C)C. The summed E-state index contributed by atoms with van der Waals surface area (Å²) in [5, 5.41) is 0. The highest BCUT2D eigenvalue weighted by Gasteiger charge is 2.45. The van der Waals surface area contributed by atoms with Crippen LogP contribution in [0.25, 0.3) is 0 Å². The van der Waals surface area contributed by atoms with E-state index in [9.17, 15) is 0 Å². The fourth-order valence-electron chi connectivity index (χ4n) is 6.04. The topological polar surface area (TPSA) is 6.48 Å². The van der Waals surface area contributed by atoms with Gasteiger partial charge in [0.2, 0.25) is 0 Å². The molecule has 0 radical (unpaired) electrons. The van der Waals surface area contributed by atoms with Crippen LogP contribution in [-0.4, -0.2) is 46.1 Å². The highest BCUT2D eigenvalue weighted by molar-refractivity contribution is 5.00. The van der Waals surface area contributed by atoms with Gasteiger partial charge in [0, 0.05) is 22.2 Å². The summed E-state index contributed by atoms with van der Waals surface area (Å²) >= 11 is 0. The fourth-order valence-corrected chi connectivity index (χ4v) is 6.04. The second kappa shape index (κ2) is 6.27. The van der Waals surface area contributed by atoms with Crippen LogP contribution in [0.5, 0.6) is 0 Å². The van der Waals surface area contributed by atoms with Gasteiger partial charge in [0.05, 0.1) is 0 Å². The average molecular weight is 337 g/mol. The summed E-state index contributed by atoms with van der Waals surface area (Å²) in [7, 11) is 4.64. The maximum atomic E-state index is 2.61. The van der Waals surface area contributed by atoms with Crippen LogP contribution in [-0.2, 0) is 0 Å². The van der Waals surface area contributed by atoms with Crippen molar-refractivity contribution in [1.29, 1.82) is 0 Å². The first-order chi connectivity index (χ1) is 10.7. The van der Waals surface area contributed by atoms with Gasteiger partial charge in [0.15, 0.2) is 0 Å². The van der Waals surface area contributed by atoms with Crippen molar-refractivity contribution in [3.8, 4) is 0 Å². The van der Waals surface area contributed by atoms with Crippen molar-refractivity contribution in [2.45, 2.75) is 116 Å². The molecular formula is C22H44N2. The second-order valence-electron chi connectivity index (χ2n) is 11.5. The van der Waals surface area contributed by atoms with Crippen LogP contribution in [0.1, 0.15) is 93.9 Å². The van der Waals surface area contributed by atoms with E-state index in [0.717, 1.165) is 11.8 Å². The molecule has 0 unspecified atom stereocenters. The lowest BCUT2D eigenvalue weighted by molar-refractivity contribution is -0.0454. The van der Waals surface area contributed by atoms with Gasteiger partial charge >= 0.3 is 0 Å². The van der Waals surface area contributed by atoms with Crippen LogP contribution in [0.2, 0.25) is 0 Å². The van der Waals surface area contributed by atoms with Crippen molar-refractivity contribution in [1.82, 2.24) is 9.80 Å². The molecule has 0 aromatic heterocycles. The highest BCUT2D eigenvalue weighted by atomic mass is 15.2. The van der Waals surface area contributed by atoms with Gasteiger partial charge in [-0.05, 0) is 107 Å². The zero-order chi connectivity index (χ0) is 18.6. The van der Waals surface area contributed by atoms with Crippen LogP contribution in [0.3, 0.4) is 0 Å². The second-order valence-corrected chi connectivity index (χ2v) is 11.5. The zero-order valence-corrected chi connectivity index (χ0v) is 18.3. The Labute approximate surface area is 152 Å². The van der Waals surface area contributed by atoms with Crippen LogP contribution in [0.15, 0.2) is 0 Å². The number of nitrogens with zero attached hydrogens (tertiary/aromatic N) is 2. The number of piperidine rings is 2. The molecular weight excluding hydrogens is 292 g/mol. The normalized spacial score (nSPS) is 31.2. The summed E-state index contributed by atoms with van der Waals surface area (Å²) in [6.07, 6.45) is 8.25. The van der Waals surface area contributed by atoms with Gasteiger partial charge in [-0.15, -0.1) is 0 Å². The number of likely N-dealkylation sites (tertiary alicyclic amines) is 2. The van der Waals surface area contributed by atoms with Crippen LogP contribution < -0.4 is 0 Å². The smallest absolute Gasteiger partial charge is 0.0158 e. The van der Waals surface area contributed by atoms with Crippen molar-refractivity contribution in [2.24, 2.45) is 11.8 Å². The van der Waals surface area contributed by atoms with Crippen LogP contribution in [0, 0.1) is 11.8 Å². The van der Waals surface area contributed by atoms with Gasteiger partial charge in [-0.1, -0.05) is 12.8 Å². The minimum Gasteiger partial charge on any atom is -0.296 e. The molecule has 0 aromatic carbocycles. The molecule has 2 aliphatic rings. The van der Waals surface area contributed by atoms with Crippen LogP contribution in [0.4, 0.5) is 0 Å².